The molecule has 0 bridgehead atoms. The van der Waals surface area contributed by atoms with Gasteiger partial charge in [-0.3, -0.25) is 4.90 Å². The number of piperidine rings is 1. The maximum atomic E-state index is 5.57. The first-order valence-electron chi connectivity index (χ1n) is 7.60. The van der Waals surface area contributed by atoms with E-state index in [1.807, 2.05) is 6.92 Å². The number of aromatic nitrogens is 2. The summed E-state index contributed by atoms with van der Waals surface area (Å²) in [5.41, 5.74) is 0. The van der Waals surface area contributed by atoms with Gasteiger partial charge < -0.3 is 9.73 Å². The Morgan fingerprint density at radius 2 is 1.89 bits per heavy atom. The number of aryl methyl sites for hydroxylation is 1. The van der Waals surface area contributed by atoms with Crippen molar-refractivity contribution in [2.45, 2.75) is 51.6 Å². The lowest BCUT2D eigenvalue weighted by molar-refractivity contribution is 0.161. The molecule has 1 saturated carbocycles. The third-order valence-electron chi connectivity index (χ3n) is 4.15. The first kappa shape index (κ1) is 13.1. The van der Waals surface area contributed by atoms with E-state index in [2.05, 4.69) is 20.4 Å². The molecule has 5 nitrogen and oxygen atoms in total. The molecule has 0 radical (unpaired) electrons. The highest BCUT2D eigenvalue weighted by Gasteiger charge is 2.24. The molecule has 0 amide bonds. The van der Waals surface area contributed by atoms with Crippen molar-refractivity contribution in [1.82, 2.24) is 20.4 Å². The summed E-state index contributed by atoms with van der Waals surface area (Å²) in [6, 6.07) is 0.837. The lowest BCUT2D eigenvalue weighted by atomic mass is 9.97. The van der Waals surface area contributed by atoms with Gasteiger partial charge in [0.2, 0.25) is 11.8 Å². The third-order valence-corrected chi connectivity index (χ3v) is 4.15. The van der Waals surface area contributed by atoms with Gasteiger partial charge in [0, 0.05) is 12.5 Å². The zero-order valence-corrected chi connectivity index (χ0v) is 11.8. The molecule has 19 heavy (non-hydrogen) atoms. The van der Waals surface area contributed by atoms with Crippen molar-refractivity contribution in [2.24, 2.45) is 5.92 Å². The van der Waals surface area contributed by atoms with E-state index >= 15 is 0 Å². The quantitative estimate of drug-likeness (QED) is 0.845. The summed E-state index contributed by atoms with van der Waals surface area (Å²) in [6.07, 6.45) is 6.16. The molecule has 0 aromatic carbocycles. The number of hydrogen-bond donors (Lipinski definition) is 1. The normalized spacial score (nSPS) is 21.9. The van der Waals surface area contributed by atoms with Crippen molar-refractivity contribution < 1.29 is 4.42 Å². The molecule has 0 unspecified atom stereocenters. The molecule has 0 atom stereocenters. The van der Waals surface area contributed by atoms with Crippen LogP contribution in [0.2, 0.25) is 0 Å². The fourth-order valence-corrected chi connectivity index (χ4v) is 2.66. The van der Waals surface area contributed by atoms with Gasteiger partial charge in [0.05, 0.1) is 6.54 Å². The molecule has 106 valence electrons. The highest BCUT2D eigenvalue weighted by molar-refractivity contribution is 4.85. The summed E-state index contributed by atoms with van der Waals surface area (Å²) in [5, 5.41) is 11.8. The van der Waals surface area contributed by atoms with Crippen LogP contribution in [0, 0.1) is 5.92 Å². The Hall–Kier alpha value is -0.940. The molecule has 1 aromatic rings. The van der Waals surface area contributed by atoms with Crippen LogP contribution in [0.3, 0.4) is 0 Å². The van der Waals surface area contributed by atoms with Crippen LogP contribution in [0.25, 0.3) is 0 Å². The predicted molar refractivity (Wildman–Crippen MR) is 72.7 cm³/mol. The lowest BCUT2D eigenvalue weighted by Crippen LogP contribution is -2.37. The number of hydrogen-bond acceptors (Lipinski definition) is 5. The largest absolute Gasteiger partial charge is 0.424 e. The highest BCUT2D eigenvalue weighted by atomic mass is 16.4. The zero-order valence-electron chi connectivity index (χ0n) is 11.8. The van der Waals surface area contributed by atoms with Crippen molar-refractivity contribution in [2.75, 3.05) is 19.6 Å². The van der Waals surface area contributed by atoms with Crippen molar-refractivity contribution in [1.29, 1.82) is 0 Å². The molecule has 0 spiro atoms. The molecule has 2 aliphatic rings. The molecule has 2 fully saturated rings. The van der Waals surface area contributed by atoms with Crippen LogP contribution in [-0.2, 0) is 13.0 Å². The van der Waals surface area contributed by atoms with Gasteiger partial charge in [-0.15, -0.1) is 10.2 Å². The third kappa shape index (κ3) is 3.76. The molecule has 1 aliphatic heterocycles. The van der Waals surface area contributed by atoms with Crippen LogP contribution in [-0.4, -0.2) is 40.8 Å². The average Bonchev–Trinajstić information content (AvgIpc) is 3.17. The number of rotatable bonds is 6. The minimum atomic E-state index is 0.749. The van der Waals surface area contributed by atoms with Gasteiger partial charge in [-0.2, -0.15) is 0 Å². The SMILES string of the molecule is CCc1nnc(CN2CCC(CNC3CC3)CC2)o1. The van der Waals surface area contributed by atoms with E-state index in [4.69, 9.17) is 4.42 Å². The van der Waals surface area contributed by atoms with Gasteiger partial charge in [-0.05, 0) is 51.2 Å². The smallest absolute Gasteiger partial charge is 0.230 e. The van der Waals surface area contributed by atoms with E-state index in [-0.39, 0.29) is 0 Å². The Kier molecular flexibility index (Phi) is 4.13. The van der Waals surface area contributed by atoms with E-state index in [0.717, 1.165) is 49.8 Å². The van der Waals surface area contributed by atoms with Crippen LogP contribution < -0.4 is 5.32 Å². The summed E-state index contributed by atoms with van der Waals surface area (Å²) in [7, 11) is 0. The van der Waals surface area contributed by atoms with Crippen LogP contribution in [0.1, 0.15) is 44.4 Å². The lowest BCUT2D eigenvalue weighted by Gasteiger charge is -2.31. The van der Waals surface area contributed by atoms with Gasteiger partial charge >= 0.3 is 0 Å². The van der Waals surface area contributed by atoms with Gasteiger partial charge in [0.1, 0.15) is 0 Å². The molecular formula is C14H24N4O. The number of nitrogens with zero attached hydrogens (tertiary/aromatic N) is 3. The van der Waals surface area contributed by atoms with Crippen LogP contribution in [0.5, 0.6) is 0 Å². The van der Waals surface area contributed by atoms with Gasteiger partial charge in [-0.25, -0.2) is 0 Å². The average molecular weight is 264 g/mol. The van der Waals surface area contributed by atoms with E-state index in [1.54, 1.807) is 0 Å². The maximum Gasteiger partial charge on any atom is 0.230 e. The Morgan fingerprint density at radius 1 is 1.16 bits per heavy atom. The maximum absolute atomic E-state index is 5.57. The number of nitrogens with one attached hydrogen (secondary N) is 1. The zero-order chi connectivity index (χ0) is 13.1. The predicted octanol–water partition coefficient (Wildman–Crippen LogP) is 1.60. The van der Waals surface area contributed by atoms with Crippen molar-refractivity contribution >= 4 is 0 Å². The fourth-order valence-electron chi connectivity index (χ4n) is 2.66. The number of likely N-dealkylation sites (tertiary alicyclic amines) is 1. The highest BCUT2D eigenvalue weighted by Crippen LogP contribution is 2.22. The Balaban J connectivity index is 1.39. The van der Waals surface area contributed by atoms with E-state index < -0.39 is 0 Å². The van der Waals surface area contributed by atoms with Crippen LogP contribution in [0.4, 0.5) is 0 Å². The molecule has 2 heterocycles. The summed E-state index contributed by atoms with van der Waals surface area (Å²) >= 11 is 0. The Morgan fingerprint density at radius 3 is 2.53 bits per heavy atom. The molecule has 5 heteroatoms. The van der Waals surface area contributed by atoms with Gasteiger partial charge in [0.15, 0.2) is 0 Å². The van der Waals surface area contributed by atoms with E-state index in [0.29, 0.717) is 0 Å². The summed E-state index contributed by atoms with van der Waals surface area (Å²) in [6.45, 7) is 6.37. The Bertz CT molecular complexity index is 394. The fraction of sp³-hybridized carbons (Fsp3) is 0.857. The van der Waals surface area contributed by atoms with Gasteiger partial charge in [-0.1, -0.05) is 6.92 Å². The van der Waals surface area contributed by atoms with Gasteiger partial charge in [0.25, 0.3) is 0 Å². The summed E-state index contributed by atoms with van der Waals surface area (Å²) in [4.78, 5) is 2.43. The molecule has 3 rings (SSSR count). The topological polar surface area (TPSA) is 54.2 Å². The standard InChI is InChI=1S/C14H24N4O/c1-2-13-16-17-14(19-13)10-18-7-5-11(6-8-18)9-15-12-3-4-12/h11-12,15H,2-10H2,1H3. The second-order valence-corrected chi connectivity index (χ2v) is 5.85. The monoisotopic (exact) mass is 264 g/mol. The second kappa shape index (κ2) is 6.01. The molecule has 1 N–H and O–H groups in total. The summed E-state index contributed by atoms with van der Waals surface area (Å²) < 4.78 is 5.57. The molecular weight excluding hydrogens is 240 g/mol. The molecule has 1 saturated heterocycles. The van der Waals surface area contributed by atoms with Crippen LogP contribution in [0.15, 0.2) is 4.42 Å². The van der Waals surface area contributed by atoms with E-state index in [9.17, 15) is 0 Å². The molecule has 1 aliphatic carbocycles. The van der Waals surface area contributed by atoms with Crippen molar-refractivity contribution in [3.8, 4) is 0 Å². The first-order valence-corrected chi connectivity index (χ1v) is 7.60. The van der Waals surface area contributed by atoms with Crippen molar-refractivity contribution in [3.05, 3.63) is 11.8 Å². The minimum absolute atomic E-state index is 0.749. The Labute approximate surface area is 114 Å². The minimum Gasteiger partial charge on any atom is -0.424 e. The van der Waals surface area contributed by atoms with Crippen molar-refractivity contribution in [3.63, 3.8) is 0 Å². The van der Waals surface area contributed by atoms with E-state index in [1.165, 1.54) is 32.2 Å². The summed E-state index contributed by atoms with van der Waals surface area (Å²) in [5.74, 6) is 2.37. The van der Waals surface area contributed by atoms with Crippen LogP contribution >= 0.6 is 0 Å². The first-order chi connectivity index (χ1) is 9.33. The molecule has 1 aromatic heterocycles. The second-order valence-electron chi connectivity index (χ2n) is 5.85.